The predicted octanol–water partition coefficient (Wildman–Crippen LogP) is 0.801. The Morgan fingerprint density at radius 1 is 1.08 bits per heavy atom. The van der Waals surface area contributed by atoms with Gasteiger partial charge in [-0.2, -0.15) is 4.98 Å². The van der Waals surface area contributed by atoms with Gasteiger partial charge in [0, 0.05) is 23.7 Å². The molecule has 2 rings (SSSR count). The van der Waals surface area contributed by atoms with E-state index in [2.05, 4.69) is 14.7 Å². The van der Waals surface area contributed by atoms with E-state index >= 15 is 0 Å². The summed E-state index contributed by atoms with van der Waals surface area (Å²) in [5.41, 5.74) is 12.8. The lowest BCUT2D eigenvalue weighted by molar-refractivity contribution is -0.142. The molecule has 134 valence electrons. The van der Waals surface area contributed by atoms with Gasteiger partial charge in [-0.25, -0.2) is 9.78 Å². The molecule has 0 bridgehead atoms. The van der Waals surface area contributed by atoms with Gasteiger partial charge in [-0.1, -0.05) is 6.07 Å². The lowest BCUT2D eigenvalue weighted by Gasteiger charge is -2.17. The predicted molar refractivity (Wildman–Crippen MR) is 90.7 cm³/mol. The Labute approximate surface area is 144 Å². The van der Waals surface area contributed by atoms with E-state index in [9.17, 15) is 4.79 Å². The van der Waals surface area contributed by atoms with Crippen molar-refractivity contribution >= 4 is 17.7 Å². The van der Waals surface area contributed by atoms with Crippen LogP contribution in [0.25, 0.3) is 0 Å². The Morgan fingerprint density at radius 3 is 2.44 bits per heavy atom. The summed E-state index contributed by atoms with van der Waals surface area (Å²) in [6.45, 7) is -0.278. The summed E-state index contributed by atoms with van der Waals surface area (Å²) in [7, 11) is 4.26. The Bertz CT molecular complexity index is 766. The smallest absolute Gasteiger partial charge is 0.343 e. The molecule has 1 aromatic carbocycles. The maximum atomic E-state index is 11.4. The highest BCUT2D eigenvalue weighted by molar-refractivity contribution is 5.71. The number of aromatic nitrogens is 2. The monoisotopic (exact) mass is 348 g/mol. The molecule has 9 nitrogen and oxygen atoms in total. The molecule has 0 fully saturated rings. The lowest BCUT2D eigenvalue weighted by atomic mass is 10.0. The zero-order chi connectivity index (χ0) is 18.4. The minimum absolute atomic E-state index is 0.102. The number of carbonyl (C=O) groups is 1. The molecule has 0 radical (unpaired) electrons. The van der Waals surface area contributed by atoms with Gasteiger partial charge in [0.05, 0.1) is 21.3 Å². The van der Waals surface area contributed by atoms with Gasteiger partial charge in [0.25, 0.3) is 0 Å². The molecule has 0 aliphatic carbocycles. The molecule has 0 amide bonds. The van der Waals surface area contributed by atoms with E-state index in [-0.39, 0.29) is 18.4 Å². The van der Waals surface area contributed by atoms with Crippen molar-refractivity contribution < 1.29 is 23.7 Å². The van der Waals surface area contributed by atoms with Gasteiger partial charge in [-0.15, -0.1) is 0 Å². The average molecular weight is 348 g/mol. The zero-order valence-electron chi connectivity index (χ0n) is 14.2. The van der Waals surface area contributed by atoms with Crippen LogP contribution >= 0.6 is 0 Å². The van der Waals surface area contributed by atoms with Crippen LogP contribution in [0.5, 0.6) is 17.2 Å². The van der Waals surface area contributed by atoms with Gasteiger partial charge in [-0.05, 0) is 6.07 Å². The number of methoxy groups -OCH3 is 3. The summed E-state index contributed by atoms with van der Waals surface area (Å²) in [6, 6.07) is 3.51. The molecule has 0 aliphatic heterocycles. The van der Waals surface area contributed by atoms with Crippen molar-refractivity contribution in [3.8, 4) is 17.2 Å². The second-order valence-electron chi connectivity index (χ2n) is 4.97. The van der Waals surface area contributed by atoms with Crippen LogP contribution in [0.1, 0.15) is 11.1 Å². The summed E-state index contributed by atoms with van der Waals surface area (Å²) in [4.78, 5) is 19.2. The van der Waals surface area contributed by atoms with Crippen molar-refractivity contribution in [2.24, 2.45) is 0 Å². The molecule has 0 atom stereocenters. The summed E-state index contributed by atoms with van der Waals surface area (Å²) in [5, 5.41) is 0. The highest BCUT2D eigenvalue weighted by atomic mass is 16.6. The Morgan fingerprint density at radius 2 is 1.84 bits per heavy atom. The van der Waals surface area contributed by atoms with Crippen molar-refractivity contribution in [1.29, 1.82) is 0 Å². The lowest BCUT2D eigenvalue weighted by Crippen LogP contribution is -2.14. The number of carbonyl (C=O) groups excluding carboxylic acids is 1. The van der Waals surface area contributed by atoms with Gasteiger partial charge in [0.15, 0.2) is 18.1 Å². The number of anilines is 2. The topological polar surface area (TPSA) is 132 Å². The van der Waals surface area contributed by atoms with Crippen LogP contribution in [0, 0.1) is 0 Å². The fourth-order valence-electron chi connectivity index (χ4n) is 2.21. The number of rotatable bonds is 7. The van der Waals surface area contributed by atoms with Gasteiger partial charge in [0.1, 0.15) is 5.82 Å². The van der Waals surface area contributed by atoms with Crippen molar-refractivity contribution in [3.05, 3.63) is 29.5 Å². The molecule has 4 N–H and O–H groups in total. The van der Waals surface area contributed by atoms with E-state index in [4.69, 9.17) is 25.7 Å². The SMILES string of the molecule is COC(=O)COc1c(OC)ccc(Cc2cnc(N)nc2N)c1OC. The maximum Gasteiger partial charge on any atom is 0.343 e. The average Bonchev–Trinajstić information content (AvgIpc) is 2.61. The minimum atomic E-state index is -0.523. The standard InChI is InChI=1S/C16H20N4O5/c1-22-11-5-4-9(6-10-7-19-16(18)20-15(10)17)13(24-3)14(11)25-8-12(21)23-2/h4-5,7H,6,8H2,1-3H3,(H4,17,18,19,20). The van der Waals surface area contributed by atoms with Crippen molar-refractivity contribution in [3.63, 3.8) is 0 Å². The fraction of sp³-hybridized carbons (Fsp3) is 0.312. The third kappa shape index (κ3) is 4.19. The van der Waals surface area contributed by atoms with E-state index in [1.54, 1.807) is 18.3 Å². The molecule has 25 heavy (non-hydrogen) atoms. The van der Waals surface area contributed by atoms with Crippen LogP contribution in [0.3, 0.4) is 0 Å². The maximum absolute atomic E-state index is 11.4. The second-order valence-corrected chi connectivity index (χ2v) is 4.97. The van der Waals surface area contributed by atoms with Crippen LogP contribution in [-0.2, 0) is 16.0 Å². The molecular formula is C16H20N4O5. The largest absolute Gasteiger partial charge is 0.493 e. The van der Waals surface area contributed by atoms with Crippen LogP contribution < -0.4 is 25.7 Å². The van der Waals surface area contributed by atoms with Gasteiger partial charge in [0.2, 0.25) is 11.7 Å². The molecule has 0 unspecified atom stereocenters. The molecule has 2 aromatic rings. The number of esters is 1. The first-order valence-corrected chi connectivity index (χ1v) is 7.30. The van der Waals surface area contributed by atoms with E-state index in [1.165, 1.54) is 21.3 Å². The zero-order valence-corrected chi connectivity index (χ0v) is 14.2. The number of nitrogens with two attached hydrogens (primary N) is 2. The number of benzene rings is 1. The molecule has 1 heterocycles. The molecule has 1 aromatic heterocycles. The van der Waals surface area contributed by atoms with Crippen LogP contribution in [0.4, 0.5) is 11.8 Å². The van der Waals surface area contributed by atoms with Crippen molar-refractivity contribution in [1.82, 2.24) is 9.97 Å². The van der Waals surface area contributed by atoms with E-state index in [0.717, 1.165) is 5.56 Å². The number of nitrogen functional groups attached to an aromatic ring is 2. The summed E-state index contributed by atoms with van der Waals surface area (Å²) >= 11 is 0. The highest BCUT2D eigenvalue weighted by Crippen LogP contribution is 2.41. The molecule has 0 aliphatic rings. The van der Waals surface area contributed by atoms with E-state index in [1.807, 2.05) is 0 Å². The number of hydrogen-bond donors (Lipinski definition) is 2. The molecule has 0 saturated carbocycles. The number of ether oxygens (including phenoxy) is 4. The highest BCUT2D eigenvalue weighted by Gasteiger charge is 2.19. The third-order valence-electron chi connectivity index (χ3n) is 3.44. The Kier molecular flexibility index (Phi) is 5.83. The number of hydrogen-bond acceptors (Lipinski definition) is 9. The van der Waals surface area contributed by atoms with E-state index < -0.39 is 5.97 Å². The molecular weight excluding hydrogens is 328 g/mol. The van der Waals surface area contributed by atoms with Crippen LogP contribution in [0.15, 0.2) is 18.3 Å². The quantitative estimate of drug-likeness (QED) is 0.697. The first-order chi connectivity index (χ1) is 12.0. The Balaban J connectivity index is 2.39. The van der Waals surface area contributed by atoms with Crippen LogP contribution in [-0.4, -0.2) is 43.9 Å². The van der Waals surface area contributed by atoms with Crippen molar-refractivity contribution in [2.45, 2.75) is 6.42 Å². The Hall–Kier alpha value is -3.23. The summed E-state index contributed by atoms with van der Waals surface area (Å²) in [6.07, 6.45) is 1.93. The molecule has 0 saturated heterocycles. The molecule has 0 spiro atoms. The third-order valence-corrected chi connectivity index (χ3v) is 3.44. The van der Waals surface area contributed by atoms with Gasteiger partial charge in [-0.3, -0.25) is 0 Å². The number of nitrogens with zero attached hydrogens (tertiary/aromatic N) is 2. The van der Waals surface area contributed by atoms with Crippen molar-refractivity contribution in [2.75, 3.05) is 39.4 Å². The van der Waals surface area contributed by atoms with Gasteiger partial charge >= 0.3 is 5.97 Å². The summed E-state index contributed by atoms with van der Waals surface area (Å²) < 4.78 is 20.8. The minimum Gasteiger partial charge on any atom is -0.493 e. The summed E-state index contributed by atoms with van der Waals surface area (Å²) in [5.74, 6) is 0.992. The normalized spacial score (nSPS) is 10.2. The first-order valence-electron chi connectivity index (χ1n) is 7.30. The first kappa shape index (κ1) is 18.1. The molecule has 9 heteroatoms. The van der Waals surface area contributed by atoms with E-state index in [0.29, 0.717) is 29.2 Å². The fourth-order valence-corrected chi connectivity index (χ4v) is 2.21. The van der Waals surface area contributed by atoms with Gasteiger partial charge < -0.3 is 30.4 Å². The second kappa shape index (κ2) is 8.04. The van der Waals surface area contributed by atoms with Crippen LogP contribution in [0.2, 0.25) is 0 Å².